The van der Waals surface area contributed by atoms with Crippen LogP contribution in [0.25, 0.3) is 0 Å². The first kappa shape index (κ1) is 10.2. The Kier molecular flexibility index (Phi) is 4.54. The highest BCUT2D eigenvalue weighted by Crippen LogP contribution is 2.00. The summed E-state index contributed by atoms with van der Waals surface area (Å²) in [6, 6.07) is 0. The van der Waals surface area contributed by atoms with Crippen LogP contribution in [0.5, 0.6) is 0 Å². The SMILES string of the molecule is C=CC(=O)OCC(O)C(C)C. The van der Waals surface area contributed by atoms with E-state index in [1.165, 1.54) is 0 Å². The summed E-state index contributed by atoms with van der Waals surface area (Å²) in [6.45, 7) is 6.98. The maximum atomic E-state index is 10.5. The Hall–Kier alpha value is -0.830. The normalized spacial score (nSPS) is 12.7. The van der Waals surface area contributed by atoms with Crippen molar-refractivity contribution in [3.63, 3.8) is 0 Å². The molecule has 0 saturated carbocycles. The molecule has 0 heterocycles. The Morgan fingerprint density at radius 2 is 2.27 bits per heavy atom. The van der Waals surface area contributed by atoms with Gasteiger partial charge in [-0.2, -0.15) is 0 Å². The van der Waals surface area contributed by atoms with E-state index in [0.717, 1.165) is 6.08 Å². The van der Waals surface area contributed by atoms with Gasteiger partial charge in [-0.3, -0.25) is 0 Å². The lowest BCUT2D eigenvalue weighted by Crippen LogP contribution is -2.22. The number of hydrogen-bond donors (Lipinski definition) is 1. The zero-order valence-electron chi connectivity index (χ0n) is 6.91. The molecule has 64 valence electrons. The summed E-state index contributed by atoms with van der Waals surface area (Å²) in [5, 5.41) is 9.16. The van der Waals surface area contributed by atoms with Crippen LogP contribution in [0.15, 0.2) is 12.7 Å². The van der Waals surface area contributed by atoms with Gasteiger partial charge in [0.05, 0.1) is 6.10 Å². The van der Waals surface area contributed by atoms with Gasteiger partial charge in [0, 0.05) is 6.08 Å². The molecule has 11 heavy (non-hydrogen) atoms. The minimum absolute atomic E-state index is 0.0442. The van der Waals surface area contributed by atoms with Gasteiger partial charge in [-0.1, -0.05) is 20.4 Å². The molecule has 0 bridgehead atoms. The van der Waals surface area contributed by atoms with Crippen molar-refractivity contribution in [3.05, 3.63) is 12.7 Å². The molecule has 0 aromatic carbocycles. The predicted octanol–water partition coefficient (Wildman–Crippen LogP) is 0.732. The van der Waals surface area contributed by atoms with Crippen molar-refractivity contribution in [2.75, 3.05) is 6.61 Å². The number of hydrogen-bond acceptors (Lipinski definition) is 3. The van der Waals surface area contributed by atoms with Gasteiger partial charge >= 0.3 is 5.97 Å². The summed E-state index contributed by atoms with van der Waals surface area (Å²) in [4.78, 5) is 10.5. The Labute approximate surface area is 66.7 Å². The third kappa shape index (κ3) is 4.56. The topological polar surface area (TPSA) is 46.5 Å². The number of esters is 1. The highest BCUT2D eigenvalue weighted by Gasteiger charge is 2.10. The van der Waals surface area contributed by atoms with Crippen LogP contribution < -0.4 is 0 Å². The molecule has 0 aromatic heterocycles. The minimum atomic E-state index is -0.584. The van der Waals surface area contributed by atoms with Gasteiger partial charge in [0.1, 0.15) is 6.61 Å². The maximum Gasteiger partial charge on any atom is 0.330 e. The molecule has 0 saturated heterocycles. The third-order valence-electron chi connectivity index (χ3n) is 1.33. The number of ether oxygens (including phenoxy) is 1. The van der Waals surface area contributed by atoms with E-state index in [4.69, 9.17) is 5.11 Å². The second-order valence-corrected chi connectivity index (χ2v) is 2.65. The third-order valence-corrected chi connectivity index (χ3v) is 1.33. The number of rotatable bonds is 4. The molecule has 1 N–H and O–H groups in total. The smallest absolute Gasteiger partial charge is 0.330 e. The second-order valence-electron chi connectivity index (χ2n) is 2.65. The van der Waals surface area contributed by atoms with Gasteiger partial charge in [0.2, 0.25) is 0 Å². The zero-order chi connectivity index (χ0) is 8.85. The number of aliphatic hydroxyl groups is 1. The van der Waals surface area contributed by atoms with E-state index in [1.807, 2.05) is 13.8 Å². The van der Waals surface area contributed by atoms with E-state index >= 15 is 0 Å². The molecule has 0 radical (unpaired) electrons. The number of carbonyl (C=O) groups is 1. The lowest BCUT2D eigenvalue weighted by atomic mass is 10.1. The fourth-order valence-electron chi connectivity index (χ4n) is 0.419. The Morgan fingerprint density at radius 3 is 2.64 bits per heavy atom. The maximum absolute atomic E-state index is 10.5. The monoisotopic (exact) mass is 158 g/mol. The fourth-order valence-corrected chi connectivity index (χ4v) is 0.419. The lowest BCUT2D eigenvalue weighted by Gasteiger charge is -2.13. The molecule has 1 unspecified atom stereocenters. The summed E-state index contributed by atoms with van der Waals surface area (Å²) in [6.07, 6.45) is 0.492. The van der Waals surface area contributed by atoms with Crippen LogP contribution in [0, 0.1) is 5.92 Å². The highest BCUT2D eigenvalue weighted by molar-refractivity contribution is 5.81. The van der Waals surface area contributed by atoms with Crippen LogP contribution >= 0.6 is 0 Å². The molecule has 0 aromatic rings. The molecule has 0 spiro atoms. The summed E-state index contributed by atoms with van der Waals surface area (Å²) in [5.41, 5.74) is 0. The molecule has 0 aliphatic heterocycles. The number of carbonyl (C=O) groups excluding carboxylic acids is 1. The Balaban J connectivity index is 3.53. The molecule has 0 fully saturated rings. The molecule has 0 aliphatic rings. The molecule has 0 aliphatic carbocycles. The highest BCUT2D eigenvalue weighted by atomic mass is 16.5. The average Bonchev–Trinajstić information content (AvgIpc) is 1.99. The van der Waals surface area contributed by atoms with E-state index in [-0.39, 0.29) is 12.5 Å². The zero-order valence-corrected chi connectivity index (χ0v) is 6.91. The molecular weight excluding hydrogens is 144 g/mol. The first-order chi connectivity index (χ1) is 5.07. The van der Waals surface area contributed by atoms with Gasteiger partial charge in [0.15, 0.2) is 0 Å². The first-order valence-corrected chi connectivity index (χ1v) is 3.55. The molecule has 0 amide bonds. The van der Waals surface area contributed by atoms with Gasteiger partial charge in [-0.05, 0) is 5.92 Å². The van der Waals surface area contributed by atoms with Crippen LogP contribution in [0.2, 0.25) is 0 Å². The standard InChI is InChI=1S/C8H14O3/c1-4-8(10)11-5-7(9)6(2)3/h4,6-7,9H,1,5H2,2-3H3. The summed E-state index contributed by atoms with van der Waals surface area (Å²) >= 11 is 0. The summed E-state index contributed by atoms with van der Waals surface area (Å²) in [7, 11) is 0. The molecule has 3 heteroatoms. The summed E-state index contributed by atoms with van der Waals surface area (Å²) < 4.78 is 4.61. The van der Waals surface area contributed by atoms with Crippen molar-refractivity contribution in [1.29, 1.82) is 0 Å². The van der Waals surface area contributed by atoms with E-state index in [1.54, 1.807) is 0 Å². The van der Waals surface area contributed by atoms with Gasteiger partial charge in [0.25, 0.3) is 0 Å². The van der Waals surface area contributed by atoms with E-state index < -0.39 is 12.1 Å². The van der Waals surface area contributed by atoms with E-state index in [0.29, 0.717) is 0 Å². The second kappa shape index (κ2) is 4.91. The predicted molar refractivity (Wildman–Crippen MR) is 42.0 cm³/mol. The lowest BCUT2D eigenvalue weighted by molar-refractivity contribution is -0.141. The minimum Gasteiger partial charge on any atom is -0.460 e. The van der Waals surface area contributed by atoms with Gasteiger partial charge < -0.3 is 9.84 Å². The van der Waals surface area contributed by atoms with E-state index in [9.17, 15) is 4.79 Å². The molecule has 0 rings (SSSR count). The van der Waals surface area contributed by atoms with Gasteiger partial charge in [-0.25, -0.2) is 4.79 Å². The van der Waals surface area contributed by atoms with Crippen molar-refractivity contribution >= 4 is 5.97 Å². The van der Waals surface area contributed by atoms with Crippen molar-refractivity contribution in [3.8, 4) is 0 Å². The quantitative estimate of drug-likeness (QED) is 0.484. The van der Waals surface area contributed by atoms with E-state index in [2.05, 4.69) is 11.3 Å². The Bertz CT molecular complexity index is 140. The fraction of sp³-hybridized carbons (Fsp3) is 0.625. The van der Waals surface area contributed by atoms with Crippen molar-refractivity contribution in [2.24, 2.45) is 5.92 Å². The molecule has 1 atom stereocenters. The summed E-state index contributed by atoms with van der Waals surface area (Å²) in [5.74, 6) is -0.391. The van der Waals surface area contributed by atoms with Crippen LogP contribution in [0.3, 0.4) is 0 Å². The molecular formula is C8H14O3. The van der Waals surface area contributed by atoms with Crippen molar-refractivity contribution in [2.45, 2.75) is 20.0 Å². The van der Waals surface area contributed by atoms with Crippen LogP contribution in [0.4, 0.5) is 0 Å². The van der Waals surface area contributed by atoms with Crippen molar-refractivity contribution < 1.29 is 14.6 Å². The number of aliphatic hydroxyl groups excluding tert-OH is 1. The Morgan fingerprint density at radius 1 is 1.73 bits per heavy atom. The van der Waals surface area contributed by atoms with Gasteiger partial charge in [-0.15, -0.1) is 0 Å². The van der Waals surface area contributed by atoms with Crippen LogP contribution in [0.1, 0.15) is 13.8 Å². The van der Waals surface area contributed by atoms with Crippen LogP contribution in [-0.4, -0.2) is 23.8 Å². The molecule has 3 nitrogen and oxygen atoms in total. The average molecular weight is 158 g/mol. The first-order valence-electron chi connectivity index (χ1n) is 3.55. The van der Waals surface area contributed by atoms with Crippen molar-refractivity contribution in [1.82, 2.24) is 0 Å². The van der Waals surface area contributed by atoms with Crippen LogP contribution in [-0.2, 0) is 9.53 Å². The largest absolute Gasteiger partial charge is 0.460 e.